The van der Waals surface area contributed by atoms with Gasteiger partial charge < -0.3 is 20.3 Å². The number of hydrogen-bond donors (Lipinski definition) is 2. The van der Waals surface area contributed by atoms with Crippen molar-refractivity contribution in [2.45, 2.75) is 50.6 Å². The number of rotatable bonds is 6. The van der Waals surface area contributed by atoms with Crippen LogP contribution >= 0.6 is 0 Å². The molecule has 2 aliphatic rings. The van der Waals surface area contributed by atoms with Crippen LogP contribution in [-0.2, 0) is 4.79 Å². The van der Waals surface area contributed by atoms with Crippen LogP contribution < -0.4 is 15.4 Å². The van der Waals surface area contributed by atoms with E-state index in [2.05, 4.69) is 10.6 Å². The standard InChI is InChI=1S/C27H32FN3O4/c1-35-24-9-5-2-6-21(24)27(34)31-16-14-19(15-17-31)26(33)30-23-8-4-3-7-22(23)29-25(32)18-10-12-20(28)13-11-18/h2,5-6,9-13,19,22-23H,3-4,7-8,14-17H2,1H3,(H,29,32)(H,30,33)/t22-,23?/m1/s1. The second-order valence-electron chi connectivity index (χ2n) is 9.25. The maximum atomic E-state index is 13.2. The summed E-state index contributed by atoms with van der Waals surface area (Å²) in [7, 11) is 1.54. The molecule has 2 aromatic rings. The molecule has 1 saturated heterocycles. The lowest BCUT2D eigenvalue weighted by atomic mass is 9.88. The van der Waals surface area contributed by atoms with E-state index in [9.17, 15) is 18.8 Å². The average Bonchev–Trinajstić information content (AvgIpc) is 2.89. The first-order valence-electron chi connectivity index (χ1n) is 12.3. The van der Waals surface area contributed by atoms with Crippen LogP contribution in [0.1, 0.15) is 59.2 Å². The summed E-state index contributed by atoms with van der Waals surface area (Å²) in [6.07, 6.45) is 4.72. The molecule has 1 saturated carbocycles. The minimum Gasteiger partial charge on any atom is -0.496 e. The molecule has 8 heteroatoms. The molecule has 2 aromatic carbocycles. The number of hydrogen-bond acceptors (Lipinski definition) is 4. The van der Waals surface area contributed by atoms with E-state index in [0.29, 0.717) is 42.8 Å². The quantitative estimate of drug-likeness (QED) is 0.661. The van der Waals surface area contributed by atoms with Gasteiger partial charge in [0, 0.05) is 36.7 Å². The Kier molecular flexibility index (Phi) is 8.00. The molecule has 2 atom stereocenters. The van der Waals surface area contributed by atoms with Crippen molar-refractivity contribution in [2.24, 2.45) is 5.92 Å². The lowest BCUT2D eigenvalue weighted by Gasteiger charge is -2.36. The van der Waals surface area contributed by atoms with Crippen LogP contribution in [0.15, 0.2) is 48.5 Å². The van der Waals surface area contributed by atoms with E-state index in [0.717, 1.165) is 25.7 Å². The van der Waals surface area contributed by atoms with Gasteiger partial charge in [-0.3, -0.25) is 14.4 Å². The highest BCUT2D eigenvalue weighted by Gasteiger charge is 2.33. The molecule has 3 amide bonds. The van der Waals surface area contributed by atoms with E-state index in [4.69, 9.17) is 4.74 Å². The Morgan fingerprint density at radius 1 is 0.886 bits per heavy atom. The Morgan fingerprint density at radius 3 is 2.17 bits per heavy atom. The molecule has 4 rings (SSSR count). The van der Waals surface area contributed by atoms with Crippen molar-refractivity contribution in [3.8, 4) is 5.75 Å². The number of halogens is 1. The molecule has 1 aliphatic heterocycles. The van der Waals surface area contributed by atoms with E-state index in [1.54, 1.807) is 24.1 Å². The molecule has 35 heavy (non-hydrogen) atoms. The molecule has 0 spiro atoms. The monoisotopic (exact) mass is 481 g/mol. The molecule has 1 unspecified atom stereocenters. The van der Waals surface area contributed by atoms with Gasteiger partial charge in [0.05, 0.1) is 12.7 Å². The van der Waals surface area contributed by atoms with Gasteiger partial charge in [0.2, 0.25) is 5.91 Å². The van der Waals surface area contributed by atoms with E-state index in [1.165, 1.54) is 24.3 Å². The van der Waals surface area contributed by atoms with Gasteiger partial charge in [-0.15, -0.1) is 0 Å². The molecular weight excluding hydrogens is 449 g/mol. The maximum Gasteiger partial charge on any atom is 0.257 e. The molecule has 1 aliphatic carbocycles. The van der Waals surface area contributed by atoms with Gasteiger partial charge >= 0.3 is 0 Å². The second-order valence-corrected chi connectivity index (χ2v) is 9.25. The van der Waals surface area contributed by atoms with Crippen LogP contribution in [-0.4, -0.2) is 54.9 Å². The van der Waals surface area contributed by atoms with Crippen LogP contribution in [0.5, 0.6) is 5.75 Å². The van der Waals surface area contributed by atoms with Gasteiger partial charge in [0.15, 0.2) is 0 Å². The fourth-order valence-corrected chi connectivity index (χ4v) is 4.97. The Bertz CT molecular complexity index is 1050. The molecule has 0 aromatic heterocycles. The van der Waals surface area contributed by atoms with Crippen molar-refractivity contribution >= 4 is 17.7 Å². The first-order chi connectivity index (χ1) is 17.0. The number of methoxy groups -OCH3 is 1. The van der Waals surface area contributed by atoms with Gasteiger partial charge in [0.25, 0.3) is 11.8 Å². The topological polar surface area (TPSA) is 87.7 Å². The zero-order valence-electron chi connectivity index (χ0n) is 20.0. The predicted molar refractivity (Wildman–Crippen MR) is 130 cm³/mol. The Balaban J connectivity index is 1.31. The van der Waals surface area contributed by atoms with Crippen molar-refractivity contribution in [1.29, 1.82) is 0 Å². The highest BCUT2D eigenvalue weighted by atomic mass is 19.1. The molecule has 2 N–H and O–H groups in total. The Hall–Kier alpha value is -3.42. The Morgan fingerprint density at radius 2 is 1.51 bits per heavy atom. The number of piperidine rings is 1. The first kappa shape index (κ1) is 24.7. The van der Waals surface area contributed by atoms with E-state index in [1.807, 2.05) is 12.1 Å². The summed E-state index contributed by atoms with van der Waals surface area (Å²) in [5.41, 5.74) is 0.925. The van der Waals surface area contributed by atoms with E-state index < -0.39 is 0 Å². The maximum absolute atomic E-state index is 13.2. The number of likely N-dealkylation sites (tertiary alicyclic amines) is 1. The molecule has 7 nitrogen and oxygen atoms in total. The zero-order valence-corrected chi connectivity index (χ0v) is 20.0. The van der Waals surface area contributed by atoms with Gasteiger partial charge in [-0.25, -0.2) is 4.39 Å². The highest BCUT2D eigenvalue weighted by Crippen LogP contribution is 2.25. The first-order valence-corrected chi connectivity index (χ1v) is 12.3. The number of carbonyl (C=O) groups excluding carboxylic acids is 3. The number of ether oxygens (including phenoxy) is 1. The summed E-state index contributed by atoms with van der Waals surface area (Å²) in [6.45, 7) is 1.01. The third kappa shape index (κ3) is 5.99. The fourth-order valence-electron chi connectivity index (χ4n) is 4.97. The van der Waals surface area contributed by atoms with Crippen LogP contribution in [0, 0.1) is 11.7 Å². The molecule has 0 bridgehead atoms. The van der Waals surface area contributed by atoms with Crippen molar-refractivity contribution in [3.05, 3.63) is 65.5 Å². The number of nitrogens with zero attached hydrogens (tertiary/aromatic N) is 1. The minimum absolute atomic E-state index is 0.0256. The number of nitrogens with one attached hydrogen (secondary N) is 2. The second kappa shape index (κ2) is 11.3. The zero-order chi connectivity index (χ0) is 24.8. The Labute approximate surface area is 205 Å². The third-order valence-electron chi connectivity index (χ3n) is 7.01. The molecular formula is C27H32FN3O4. The van der Waals surface area contributed by atoms with Gasteiger partial charge in [0.1, 0.15) is 11.6 Å². The molecule has 186 valence electrons. The normalized spacial score (nSPS) is 20.7. The summed E-state index contributed by atoms with van der Waals surface area (Å²) in [6, 6.07) is 12.3. The van der Waals surface area contributed by atoms with Gasteiger partial charge in [-0.1, -0.05) is 25.0 Å². The van der Waals surface area contributed by atoms with Crippen LogP contribution in [0.2, 0.25) is 0 Å². The summed E-state index contributed by atoms with van der Waals surface area (Å²) in [4.78, 5) is 40.4. The fraction of sp³-hybridized carbons (Fsp3) is 0.444. The minimum atomic E-state index is -0.389. The third-order valence-corrected chi connectivity index (χ3v) is 7.01. The summed E-state index contributed by atoms with van der Waals surface area (Å²) in [5, 5.41) is 6.18. The number of amides is 3. The lowest BCUT2D eigenvalue weighted by Crippen LogP contribution is -2.55. The number of para-hydroxylation sites is 1. The predicted octanol–water partition coefficient (Wildman–Crippen LogP) is 3.54. The summed E-state index contributed by atoms with van der Waals surface area (Å²) in [5.74, 6) is -0.394. The number of carbonyl (C=O) groups is 3. The number of benzene rings is 2. The lowest BCUT2D eigenvalue weighted by molar-refractivity contribution is -0.127. The summed E-state index contributed by atoms with van der Waals surface area (Å²) >= 11 is 0. The van der Waals surface area contributed by atoms with Crippen LogP contribution in [0.25, 0.3) is 0 Å². The van der Waals surface area contributed by atoms with Gasteiger partial charge in [-0.2, -0.15) is 0 Å². The summed E-state index contributed by atoms with van der Waals surface area (Å²) < 4.78 is 18.5. The van der Waals surface area contributed by atoms with Crippen LogP contribution in [0.3, 0.4) is 0 Å². The molecule has 1 heterocycles. The van der Waals surface area contributed by atoms with E-state index in [-0.39, 0.29) is 41.5 Å². The van der Waals surface area contributed by atoms with Crippen molar-refractivity contribution in [3.63, 3.8) is 0 Å². The average molecular weight is 482 g/mol. The van der Waals surface area contributed by atoms with Crippen LogP contribution in [0.4, 0.5) is 4.39 Å². The van der Waals surface area contributed by atoms with Crippen molar-refractivity contribution in [1.82, 2.24) is 15.5 Å². The smallest absolute Gasteiger partial charge is 0.257 e. The molecule has 0 radical (unpaired) electrons. The highest BCUT2D eigenvalue weighted by molar-refractivity contribution is 5.97. The SMILES string of the molecule is COc1ccccc1C(=O)N1CCC(C(=O)NC2CCCC[C@H]2NC(=O)c2ccc(F)cc2)CC1. The van der Waals surface area contributed by atoms with Crippen molar-refractivity contribution < 1.29 is 23.5 Å². The van der Waals surface area contributed by atoms with Crippen molar-refractivity contribution in [2.75, 3.05) is 20.2 Å². The molecule has 2 fully saturated rings. The largest absolute Gasteiger partial charge is 0.496 e. The van der Waals surface area contributed by atoms with E-state index >= 15 is 0 Å². The van der Waals surface area contributed by atoms with Gasteiger partial charge in [-0.05, 0) is 62.1 Å².